The smallest absolute Gasteiger partial charge is 0.147 e. The third-order valence-corrected chi connectivity index (χ3v) is 2.68. The van der Waals surface area contributed by atoms with E-state index in [1.54, 1.807) is 11.0 Å². The molecule has 76 valence electrons. The van der Waals surface area contributed by atoms with Gasteiger partial charge in [0.25, 0.3) is 0 Å². The number of alkyl halides is 1. The highest BCUT2D eigenvalue weighted by molar-refractivity contribution is 9.09. The van der Waals surface area contributed by atoms with Gasteiger partial charge < -0.3 is 4.90 Å². The number of benzene rings is 1. The second-order valence-corrected chi connectivity index (χ2v) is 3.86. The van der Waals surface area contributed by atoms with Gasteiger partial charge in [0.15, 0.2) is 0 Å². The van der Waals surface area contributed by atoms with E-state index in [1.807, 2.05) is 20.2 Å². The molecule has 1 rings (SSSR count). The first-order chi connectivity index (χ1) is 6.56. The van der Waals surface area contributed by atoms with Gasteiger partial charge in [-0.05, 0) is 23.3 Å². The molecule has 0 saturated carbocycles. The predicted octanol–water partition coefficient (Wildman–Crippen LogP) is 3.30. The van der Waals surface area contributed by atoms with E-state index in [2.05, 4.69) is 22.5 Å². The standard InChI is InChI=1S/C11H13BrFN/c1-8(7-12)9-4-5-11(14(2)3)10(13)6-9/h4-6H,1,7H2,2-3H3. The molecule has 0 heterocycles. The predicted molar refractivity (Wildman–Crippen MR) is 63.6 cm³/mol. The maximum absolute atomic E-state index is 13.5. The van der Waals surface area contributed by atoms with Crippen molar-refractivity contribution in [2.75, 3.05) is 24.3 Å². The molecule has 0 amide bonds. The molecule has 1 aromatic rings. The average molecular weight is 258 g/mol. The number of nitrogens with zero attached hydrogens (tertiary/aromatic N) is 1. The van der Waals surface area contributed by atoms with Gasteiger partial charge >= 0.3 is 0 Å². The van der Waals surface area contributed by atoms with Crippen LogP contribution in [0.25, 0.3) is 5.57 Å². The minimum Gasteiger partial charge on any atom is -0.375 e. The summed E-state index contributed by atoms with van der Waals surface area (Å²) in [6.07, 6.45) is 0. The van der Waals surface area contributed by atoms with Gasteiger partial charge in [0.1, 0.15) is 5.82 Å². The Morgan fingerprint density at radius 1 is 1.50 bits per heavy atom. The molecule has 0 aromatic heterocycles. The van der Waals surface area contributed by atoms with Gasteiger partial charge in [-0.25, -0.2) is 4.39 Å². The second-order valence-electron chi connectivity index (χ2n) is 3.30. The fourth-order valence-corrected chi connectivity index (χ4v) is 1.49. The molecule has 3 heteroatoms. The number of anilines is 1. The first-order valence-electron chi connectivity index (χ1n) is 4.27. The van der Waals surface area contributed by atoms with Crippen molar-refractivity contribution >= 4 is 27.2 Å². The van der Waals surface area contributed by atoms with E-state index >= 15 is 0 Å². The normalized spacial score (nSPS) is 10.0. The van der Waals surface area contributed by atoms with Crippen molar-refractivity contribution in [3.05, 3.63) is 36.2 Å². The second kappa shape index (κ2) is 4.60. The summed E-state index contributed by atoms with van der Waals surface area (Å²) in [4.78, 5) is 1.75. The van der Waals surface area contributed by atoms with E-state index in [1.165, 1.54) is 6.07 Å². The maximum Gasteiger partial charge on any atom is 0.147 e. The zero-order chi connectivity index (χ0) is 10.7. The summed E-state index contributed by atoms with van der Waals surface area (Å²) in [5.74, 6) is -0.213. The Morgan fingerprint density at radius 3 is 2.57 bits per heavy atom. The summed E-state index contributed by atoms with van der Waals surface area (Å²) in [5, 5.41) is 0.660. The van der Waals surface area contributed by atoms with Crippen molar-refractivity contribution < 1.29 is 4.39 Å². The first kappa shape index (κ1) is 11.2. The molecule has 0 atom stereocenters. The maximum atomic E-state index is 13.5. The van der Waals surface area contributed by atoms with Crippen LogP contribution in [0.2, 0.25) is 0 Å². The molecule has 1 aromatic carbocycles. The fourth-order valence-electron chi connectivity index (χ4n) is 1.17. The molecule has 0 bridgehead atoms. The number of halogens is 2. The Labute approximate surface area is 92.4 Å². The van der Waals surface area contributed by atoms with Gasteiger partial charge in [-0.2, -0.15) is 0 Å². The van der Waals surface area contributed by atoms with E-state index in [-0.39, 0.29) is 5.82 Å². The van der Waals surface area contributed by atoms with Crippen molar-refractivity contribution in [1.82, 2.24) is 0 Å². The quantitative estimate of drug-likeness (QED) is 0.752. The first-order valence-corrected chi connectivity index (χ1v) is 5.39. The molecule has 0 aliphatic heterocycles. The topological polar surface area (TPSA) is 3.24 Å². The molecular weight excluding hydrogens is 245 g/mol. The molecule has 0 spiro atoms. The summed E-state index contributed by atoms with van der Waals surface area (Å²) in [7, 11) is 3.63. The largest absolute Gasteiger partial charge is 0.375 e. The molecule has 0 radical (unpaired) electrons. The van der Waals surface area contributed by atoms with Gasteiger partial charge in [-0.15, -0.1) is 0 Å². The third-order valence-electron chi connectivity index (χ3n) is 2.00. The summed E-state index contributed by atoms with van der Waals surface area (Å²) in [6.45, 7) is 3.83. The Balaban J connectivity index is 3.06. The van der Waals surface area contributed by atoms with E-state index in [0.717, 1.165) is 11.1 Å². The van der Waals surface area contributed by atoms with E-state index < -0.39 is 0 Å². The molecule has 14 heavy (non-hydrogen) atoms. The highest BCUT2D eigenvalue weighted by Crippen LogP contribution is 2.22. The van der Waals surface area contributed by atoms with Crippen LogP contribution in [0.4, 0.5) is 10.1 Å². The minimum absolute atomic E-state index is 0.213. The third kappa shape index (κ3) is 2.35. The van der Waals surface area contributed by atoms with E-state index in [4.69, 9.17) is 0 Å². The van der Waals surface area contributed by atoms with Crippen molar-refractivity contribution in [1.29, 1.82) is 0 Å². The Kier molecular flexibility index (Phi) is 3.69. The highest BCUT2D eigenvalue weighted by atomic mass is 79.9. The highest BCUT2D eigenvalue weighted by Gasteiger charge is 2.06. The summed E-state index contributed by atoms with van der Waals surface area (Å²) >= 11 is 3.29. The number of hydrogen-bond donors (Lipinski definition) is 0. The van der Waals surface area contributed by atoms with Crippen molar-refractivity contribution in [2.45, 2.75) is 0 Å². The van der Waals surface area contributed by atoms with Crippen LogP contribution in [0.3, 0.4) is 0 Å². The molecule has 0 aliphatic carbocycles. The van der Waals surface area contributed by atoms with Gasteiger partial charge in [0, 0.05) is 19.4 Å². The van der Waals surface area contributed by atoms with E-state index in [9.17, 15) is 4.39 Å². The Hall–Kier alpha value is -0.830. The van der Waals surface area contributed by atoms with Crippen molar-refractivity contribution in [3.8, 4) is 0 Å². The Bertz CT molecular complexity index is 347. The monoisotopic (exact) mass is 257 g/mol. The lowest BCUT2D eigenvalue weighted by Gasteiger charge is -2.14. The lowest BCUT2D eigenvalue weighted by atomic mass is 10.1. The number of rotatable bonds is 3. The zero-order valence-corrected chi connectivity index (χ0v) is 9.94. The van der Waals surface area contributed by atoms with Crippen LogP contribution in [0, 0.1) is 5.82 Å². The average Bonchev–Trinajstić information content (AvgIpc) is 2.15. The Morgan fingerprint density at radius 2 is 2.14 bits per heavy atom. The fraction of sp³-hybridized carbons (Fsp3) is 0.273. The zero-order valence-electron chi connectivity index (χ0n) is 8.35. The van der Waals surface area contributed by atoms with Crippen molar-refractivity contribution in [2.24, 2.45) is 0 Å². The van der Waals surface area contributed by atoms with Crippen molar-refractivity contribution in [3.63, 3.8) is 0 Å². The number of hydrogen-bond acceptors (Lipinski definition) is 1. The van der Waals surface area contributed by atoms with Crippen LogP contribution in [-0.2, 0) is 0 Å². The van der Waals surface area contributed by atoms with Crippen LogP contribution in [-0.4, -0.2) is 19.4 Å². The molecule has 1 nitrogen and oxygen atoms in total. The van der Waals surface area contributed by atoms with Crippen LogP contribution in [0.1, 0.15) is 5.56 Å². The van der Waals surface area contributed by atoms with Crippen LogP contribution in [0.5, 0.6) is 0 Å². The molecule has 0 saturated heterocycles. The summed E-state index contributed by atoms with van der Waals surface area (Å²) < 4.78 is 13.5. The molecule has 0 aliphatic rings. The summed E-state index contributed by atoms with van der Waals surface area (Å²) in [5.41, 5.74) is 2.32. The lowest BCUT2D eigenvalue weighted by molar-refractivity contribution is 0.625. The molecular formula is C11H13BrFN. The summed E-state index contributed by atoms with van der Waals surface area (Å²) in [6, 6.07) is 5.15. The molecule has 0 fully saturated rings. The van der Waals surface area contributed by atoms with Crippen LogP contribution in [0.15, 0.2) is 24.8 Å². The SMILES string of the molecule is C=C(CBr)c1ccc(N(C)C)c(F)c1. The molecule has 0 N–H and O–H groups in total. The van der Waals surface area contributed by atoms with Gasteiger partial charge in [-0.3, -0.25) is 0 Å². The van der Waals surface area contributed by atoms with Gasteiger partial charge in [0.2, 0.25) is 0 Å². The van der Waals surface area contributed by atoms with Gasteiger partial charge in [0.05, 0.1) is 5.69 Å². The van der Waals surface area contributed by atoms with Crippen LogP contribution < -0.4 is 4.90 Å². The molecule has 0 unspecified atom stereocenters. The van der Waals surface area contributed by atoms with Gasteiger partial charge in [-0.1, -0.05) is 28.6 Å². The van der Waals surface area contributed by atoms with E-state index in [0.29, 0.717) is 11.0 Å². The van der Waals surface area contributed by atoms with Crippen LogP contribution >= 0.6 is 15.9 Å². The minimum atomic E-state index is -0.213. The number of allylic oxidation sites excluding steroid dienone is 1. The lowest BCUT2D eigenvalue weighted by Crippen LogP contribution is -2.10.